The molecule has 2 aliphatic heterocycles. The van der Waals surface area contributed by atoms with Crippen LogP contribution in [0.25, 0.3) is 0 Å². The number of carbonyl (C=O) groups excluding carboxylic acids is 1. The first kappa shape index (κ1) is 12.8. The number of nitrogens with zero attached hydrogens (tertiary/aromatic N) is 2. The van der Waals surface area contributed by atoms with E-state index in [1.807, 2.05) is 0 Å². The fraction of sp³-hybridized carbons (Fsp3) is 0.562. The number of ketones is 1. The molecule has 0 saturated carbocycles. The number of piperidine rings is 1. The van der Waals surface area contributed by atoms with Crippen LogP contribution in [0.2, 0.25) is 0 Å². The van der Waals surface area contributed by atoms with Crippen LogP contribution in [-0.2, 0) is 11.3 Å². The Hall–Kier alpha value is -1.19. The third-order valence-electron chi connectivity index (χ3n) is 4.37. The second-order valence-electron chi connectivity index (χ2n) is 5.74. The highest BCUT2D eigenvalue weighted by Crippen LogP contribution is 2.20. The minimum Gasteiger partial charge on any atom is -0.300 e. The summed E-state index contributed by atoms with van der Waals surface area (Å²) >= 11 is 0. The summed E-state index contributed by atoms with van der Waals surface area (Å²) in [6.07, 6.45) is 2.77. The molecule has 3 nitrogen and oxygen atoms in total. The van der Waals surface area contributed by atoms with Crippen molar-refractivity contribution in [3.05, 3.63) is 35.9 Å². The zero-order chi connectivity index (χ0) is 13.1. The molecule has 1 aromatic rings. The van der Waals surface area contributed by atoms with Crippen molar-refractivity contribution < 1.29 is 4.79 Å². The lowest BCUT2D eigenvalue weighted by Crippen LogP contribution is -2.42. The van der Waals surface area contributed by atoms with E-state index in [0.29, 0.717) is 11.8 Å². The average Bonchev–Trinajstić information content (AvgIpc) is 2.89. The van der Waals surface area contributed by atoms with Gasteiger partial charge in [0.15, 0.2) is 0 Å². The number of carbonyl (C=O) groups is 1. The zero-order valence-corrected chi connectivity index (χ0v) is 11.4. The Balaban J connectivity index is 1.51. The fourth-order valence-electron chi connectivity index (χ4n) is 3.23. The quantitative estimate of drug-likeness (QED) is 0.827. The van der Waals surface area contributed by atoms with Crippen molar-refractivity contribution >= 4 is 5.78 Å². The van der Waals surface area contributed by atoms with Crippen molar-refractivity contribution in [2.75, 3.05) is 26.2 Å². The molecule has 0 unspecified atom stereocenters. The normalized spacial score (nSPS) is 25.9. The van der Waals surface area contributed by atoms with Crippen LogP contribution in [0.5, 0.6) is 0 Å². The van der Waals surface area contributed by atoms with Gasteiger partial charge >= 0.3 is 0 Å². The topological polar surface area (TPSA) is 23.6 Å². The summed E-state index contributed by atoms with van der Waals surface area (Å²) in [6.45, 7) is 5.35. The molecule has 102 valence electrons. The average molecular weight is 258 g/mol. The van der Waals surface area contributed by atoms with Gasteiger partial charge in [0.2, 0.25) is 0 Å². The molecule has 2 heterocycles. The van der Waals surface area contributed by atoms with Gasteiger partial charge in [-0.05, 0) is 12.0 Å². The molecule has 2 saturated heterocycles. The first-order chi connectivity index (χ1) is 9.31. The van der Waals surface area contributed by atoms with Crippen molar-refractivity contribution in [2.45, 2.75) is 31.8 Å². The Bertz CT molecular complexity index is 422. The maximum absolute atomic E-state index is 11.3. The predicted molar refractivity (Wildman–Crippen MR) is 75.9 cm³/mol. The second kappa shape index (κ2) is 5.85. The standard InChI is InChI=1S/C16H22N2O/c19-16-7-10-18(11-8-16)15-6-9-17(13-15)12-14-4-2-1-3-5-14/h1-5,15H,6-13H2/t15-/m1/s1. The van der Waals surface area contributed by atoms with E-state index in [1.54, 1.807) is 0 Å². The van der Waals surface area contributed by atoms with Crippen molar-refractivity contribution in [1.29, 1.82) is 0 Å². The lowest BCUT2D eigenvalue weighted by atomic mass is 10.1. The van der Waals surface area contributed by atoms with Gasteiger partial charge in [0.25, 0.3) is 0 Å². The van der Waals surface area contributed by atoms with Crippen LogP contribution in [-0.4, -0.2) is 47.8 Å². The first-order valence-corrected chi connectivity index (χ1v) is 7.33. The number of benzene rings is 1. The van der Waals surface area contributed by atoms with Crippen molar-refractivity contribution in [1.82, 2.24) is 9.80 Å². The van der Waals surface area contributed by atoms with E-state index in [-0.39, 0.29) is 0 Å². The van der Waals surface area contributed by atoms with Crippen LogP contribution in [0.3, 0.4) is 0 Å². The number of likely N-dealkylation sites (tertiary alicyclic amines) is 2. The molecular formula is C16H22N2O. The van der Waals surface area contributed by atoms with Crippen molar-refractivity contribution in [2.24, 2.45) is 0 Å². The predicted octanol–water partition coefficient (Wildman–Crippen LogP) is 1.93. The molecular weight excluding hydrogens is 236 g/mol. The highest BCUT2D eigenvalue weighted by Gasteiger charge is 2.29. The Morgan fingerprint density at radius 3 is 2.53 bits per heavy atom. The van der Waals surface area contributed by atoms with E-state index >= 15 is 0 Å². The molecule has 3 rings (SSSR count). The summed E-state index contributed by atoms with van der Waals surface area (Å²) in [5, 5.41) is 0. The molecule has 3 heteroatoms. The summed E-state index contributed by atoms with van der Waals surface area (Å²) in [5.74, 6) is 0.440. The van der Waals surface area contributed by atoms with E-state index in [0.717, 1.165) is 39.0 Å². The molecule has 0 amide bonds. The molecule has 0 aromatic heterocycles. The van der Waals surface area contributed by atoms with Gasteiger partial charge in [-0.1, -0.05) is 30.3 Å². The van der Waals surface area contributed by atoms with Crippen LogP contribution in [0.4, 0.5) is 0 Å². The van der Waals surface area contributed by atoms with E-state index in [1.165, 1.54) is 18.5 Å². The van der Waals surface area contributed by atoms with Gasteiger partial charge in [0, 0.05) is 51.6 Å². The monoisotopic (exact) mass is 258 g/mol. The maximum Gasteiger partial charge on any atom is 0.135 e. The van der Waals surface area contributed by atoms with Gasteiger partial charge in [-0.3, -0.25) is 14.6 Å². The van der Waals surface area contributed by atoms with E-state index in [2.05, 4.69) is 40.1 Å². The van der Waals surface area contributed by atoms with Crippen LogP contribution in [0, 0.1) is 0 Å². The van der Waals surface area contributed by atoms with Gasteiger partial charge in [0.1, 0.15) is 5.78 Å². The number of hydrogen-bond acceptors (Lipinski definition) is 3. The smallest absolute Gasteiger partial charge is 0.135 e. The molecule has 2 aliphatic rings. The zero-order valence-electron chi connectivity index (χ0n) is 11.4. The Kier molecular flexibility index (Phi) is 3.95. The van der Waals surface area contributed by atoms with Crippen molar-refractivity contribution in [3.8, 4) is 0 Å². The van der Waals surface area contributed by atoms with Crippen molar-refractivity contribution in [3.63, 3.8) is 0 Å². The van der Waals surface area contributed by atoms with Gasteiger partial charge in [-0.25, -0.2) is 0 Å². The lowest BCUT2D eigenvalue weighted by Gasteiger charge is -2.31. The number of rotatable bonds is 3. The Labute approximate surface area is 115 Å². The largest absolute Gasteiger partial charge is 0.300 e. The van der Waals surface area contributed by atoms with E-state index in [4.69, 9.17) is 0 Å². The summed E-state index contributed by atoms with van der Waals surface area (Å²) in [4.78, 5) is 16.4. The molecule has 0 spiro atoms. The summed E-state index contributed by atoms with van der Waals surface area (Å²) in [7, 11) is 0. The molecule has 0 bridgehead atoms. The second-order valence-corrected chi connectivity index (χ2v) is 5.74. The van der Waals surface area contributed by atoms with Gasteiger partial charge in [-0.15, -0.1) is 0 Å². The third-order valence-corrected chi connectivity index (χ3v) is 4.37. The minimum atomic E-state index is 0.440. The van der Waals surface area contributed by atoms with Crippen LogP contribution in [0.15, 0.2) is 30.3 Å². The first-order valence-electron chi connectivity index (χ1n) is 7.33. The highest BCUT2D eigenvalue weighted by molar-refractivity contribution is 5.79. The molecule has 19 heavy (non-hydrogen) atoms. The molecule has 2 fully saturated rings. The Morgan fingerprint density at radius 2 is 1.79 bits per heavy atom. The Morgan fingerprint density at radius 1 is 1.05 bits per heavy atom. The maximum atomic E-state index is 11.3. The van der Waals surface area contributed by atoms with E-state index < -0.39 is 0 Å². The lowest BCUT2D eigenvalue weighted by molar-refractivity contribution is -0.121. The summed E-state index contributed by atoms with van der Waals surface area (Å²) < 4.78 is 0. The van der Waals surface area contributed by atoms with Crippen LogP contribution in [0.1, 0.15) is 24.8 Å². The minimum absolute atomic E-state index is 0.440. The third kappa shape index (κ3) is 3.23. The van der Waals surface area contributed by atoms with Gasteiger partial charge < -0.3 is 0 Å². The molecule has 1 aromatic carbocycles. The van der Waals surface area contributed by atoms with Crippen LogP contribution >= 0.6 is 0 Å². The fourth-order valence-corrected chi connectivity index (χ4v) is 3.23. The number of hydrogen-bond donors (Lipinski definition) is 0. The van der Waals surface area contributed by atoms with Gasteiger partial charge in [0.05, 0.1) is 0 Å². The van der Waals surface area contributed by atoms with Gasteiger partial charge in [-0.2, -0.15) is 0 Å². The van der Waals surface area contributed by atoms with Crippen LogP contribution < -0.4 is 0 Å². The summed E-state index contributed by atoms with van der Waals surface area (Å²) in [5.41, 5.74) is 1.40. The molecule has 0 radical (unpaired) electrons. The van der Waals surface area contributed by atoms with E-state index in [9.17, 15) is 4.79 Å². The number of Topliss-reactive ketones (excluding diaryl/α,β-unsaturated/α-hetero) is 1. The molecule has 1 atom stereocenters. The highest BCUT2D eigenvalue weighted by atomic mass is 16.1. The SMILES string of the molecule is O=C1CCN([C@@H]2CCN(Cc3ccccc3)C2)CC1. The summed E-state index contributed by atoms with van der Waals surface area (Å²) in [6, 6.07) is 11.4. The molecule has 0 N–H and O–H groups in total. The molecule has 0 aliphatic carbocycles.